The Bertz CT molecular complexity index is 1070. The molecule has 2 N–H and O–H groups in total. The van der Waals surface area contributed by atoms with Crippen molar-refractivity contribution in [2.75, 3.05) is 13.2 Å². The number of rotatable bonds is 35. The Morgan fingerprint density at radius 3 is 1.65 bits per heavy atom. The second-order valence-electron chi connectivity index (χ2n) is 12.9. The van der Waals surface area contributed by atoms with Crippen LogP contribution in [0.3, 0.4) is 0 Å². The number of unbranched alkanes of at least 4 members (excludes halogenated alkanes) is 14. The zero-order valence-corrected chi connectivity index (χ0v) is 32.6. The van der Waals surface area contributed by atoms with E-state index >= 15 is 0 Å². The zero-order chi connectivity index (χ0) is 37.7. The first-order chi connectivity index (χ1) is 24.7. The van der Waals surface area contributed by atoms with Gasteiger partial charge in [-0.25, -0.2) is 4.57 Å². The third-order valence-corrected chi connectivity index (χ3v) is 8.47. The number of carbonyl (C=O) groups excluding carboxylic acids is 3. The summed E-state index contributed by atoms with van der Waals surface area (Å²) < 4.78 is 26.2. The van der Waals surface area contributed by atoms with Crippen LogP contribution in [0.25, 0.3) is 0 Å². The van der Waals surface area contributed by atoms with Crippen molar-refractivity contribution in [2.24, 2.45) is 0 Å². The van der Waals surface area contributed by atoms with E-state index in [9.17, 15) is 18.9 Å². The summed E-state index contributed by atoms with van der Waals surface area (Å²) in [6.45, 7) is 3.47. The summed E-state index contributed by atoms with van der Waals surface area (Å²) in [5.74, 6) is -0.901. The van der Waals surface area contributed by atoms with Gasteiger partial charge < -0.3 is 19.3 Å². The van der Waals surface area contributed by atoms with Crippen LogP contribution >= 0.6 is 7.82 Å². The lowest BCUT2D eigenvalue weighted by Gasteiger charge is -2.18. The molecule has 1 atom stereocenters. The molecule has 0 unspecified atom stereocenters. The second-order valence-corrected chi connectivity index (χ2v) is 14.2. The third-order valence-electron chi connectivity index (χ3n) is 7.99. The lowest BCUT2D eigenvalue weighted by Crippen LogP contribution is -2.29. The monoisotopic (exact) mass is 736 g/mol. The van der Waals surface area contributed by atoms with Crippen LogP contribution in [-0.4, -0.2) is 46.8 Å². The average molecular weight is 737 g/mol. The predicted molar refractivity (Wildman–Crippen MR) is 207 cm³/mol. The molecule has 0 aromatic heterocycles. The molecule has 9 nitrogen and oxygen atoms in total. The van der Waals surface area contributed by atoms with Crippen LogP contribution < -0.4 is 0 Å². The van der Waals surface area contributed by atoms with Crippen LogP contribution in [0.15, 0.2) is 60.8 Å². The Morgan fingerprint density at radius 1 is 0.569 bits per heavy atom. The molecule has 10 heteroatoms. The van der Waals surface area contributed by atoms with Crippen molar-refractivity contribution < 1.29 is 42.7 Å². The molecular formula is C41H69O9P. The van der Waals surface area contributed by atoms with Crippen molar-refractivity contribution in [3.05, 3.63) is 60.8 Å². The molecule has 0 saturated carbocycles. The molecule has 0 aromatic carbocycles. The fourth-order valence-electron chi connectivity index (χ4n) is 5.01. The first kappa shape index (κ1) is 48.4. The molecule has 0 rings (SSSR count). The Balaban J connectivity index is 4.10. The normalized spacial score (nSPS) is 13.0. The van der Waals surface area contributed by atoms with E-state index in [4.69, 9.17) is 19.3 Å². The maximum Gasteiger partial charge on any atom is 0.469 e. The third kappa shape index (κ3) is 38.5. The van der Waals surface area contributed by atoms with Crippen molar-refractivity contribution in [2.45, 2.75) is 168 Å². The van der Waals surface area contributed by atoms with Gasteiger partial charge in [-0.05, 0) is 76.7 Å². The first-order valence-electron chi connectivity index (χ1n) is 19.5. The fourth-order valence-corrected chi connectivity index (χ4v) is 5.37. The minimum Gasteiger partial charge on any atom is -0.462 e. The highest BCUT2D eigenvalue weighted by Gasteiger charge is 2.22. The van der Waals surface area contributed by atoms with Gasteiger partial charge in [0.2, 0.25) is 0 Å². The van der Waals surface area contributed by atoms with E-state index in [-0.39, 0.29) is 25.2 Å². The van der Waals surface area contributed by atoms with Crippen molar-refractivity contribution in [3.8, 4) is 0 Å². The van der Waals surface area contributed by atoms with Gasteiger partial charge >= 0.3 is 19.8 Å². The summed E-state index contributed by atoms with van der Waals surface area (Å²) >= 11 is 0. The Labute approximate surface area is 309 Å². The van der Waals surface area contributed by atoms with E-state index in [2.05, 4.69) is 60.9 Å². The van der Waals surface area contributed by atoms with Crippen LogP contribution in [0.2, 0.25) is 0 Å². The number of ketones is 1. The van der Waals surface area contributed by atoms with E-state index in [0.717, 1.165) is 70.6 Å². The minimum absolute atomic E-state index is 0.107. The molecular weight excluding hydrogens is 667 g/mol. The van der Waals surface area contributed by atoms with Gasteiger partial charge in [-0.3, -0.25) is 18.9 Å². The van der Waals surface area contributed by atoms with Crippen LogP contribution in [0.5, 0.6) is 0 Å². The molecule has 0 aromatic rings. The van der Waals surface area contributed by atoms with Crippen molar-refractivity contribution in [3.63, 3.8) is 0 Å². The highest BCUT2D eigenvalue weighted by Crippen LogP contribution is 2.36. The number of ether oxygens (including phenoxy) is 2. The topological polar surface area (TPSA) is 136 Å². The molecule has 0 bridgehead atoms. The van der Waals surface area contributed by atoms with Gasteiger partial charge in [0.05, 0.1) is 6.61 Å². The number of esters is 2. The van der Waals surface area contributed by atoms with Gasteiger partial charge in [-0.15, -0.1) is 0 Å². The van der Waals surface area contributed by atoms with E-state index in [1.807, 2.05) is 6.08 Å². The molecule has 0 aliphatic carbocycles. The zero-order valence-electron chi connectivity index (χ0n) is 31.7. The van der Waals surface area contributed by atoms with Gasteiger partial charge in [0, 0.05) is 19.3 Å². The van der Waals surface area contributed by atoms with Gasteiger partial charge in [0.1, 0.15) is 6.61 Å². The van der Waals surface area contributed by atoms with Crippen molar-refractivity contribution in [1.29, 1.82) is 0 Å². The smallest absolute Gasteiger partial charge is 0.462 e. The SMILES string of the molecule is CCCCC/C=C\C=C\C(=O)CCCCCCCC(=O)O[C@H](COC(=O)CCCCCC/C=C\C/C=C\C/C=C\CCCCC)COP(=O)(O)O. The molecule has 0 heterocycles. The highest BCUT2D eigenvalue weighted by atomic mass is 31.2. The van der Waals surface area contributed by atoms with Gasteiger partial charge in [-0.2, -0.15) is 0 Å². The second kappa shape index (κ2) is 35.8. The van der Waals surface area contributed by atoms with Crippen LogP contribution in [0, 0.1) is 0 Å². The summed E-state index contributed by atoms with van der Waals surface area (Å²) in [7, 11) is -4.79. The molecule has 0 amide bonds. The summed E-state index contributed by atoms with van der Waals surface area (Å²) in [6, 6.07) is 0. The minimum atomic E-state index is -4.79. The number of phosphoric acid groups is 1. The van der Waals surface area contributed by atoms with E-state index < -0.39 is 32.5 Å². The molecule has 0 aliphatic rings. The maximum absolute atomic E-state index is 12.4. The molecule has 0 radical (unpaired) electrons. The number of allylic oxidation sites excluding steroid dienone is 10. The molecule has 0 aliphatic heterocycles. The Kier molecular flexibility index (Phi) is 34.0. The standard InChI is InChI=1S/C41H69O9P/c1-3-5-7-9-11-12-13-14-15-16-17-18-19-20-22-26-30-34-40(43)48-36-39(37-49-51(45,46)47)50-41(44)35-31-27-23-25-29-33-38(42)32-28-24-21-10-8-6-4-2/h11-12,14-15,17-18,21,24,28,32,39H,3-10,13,16,19-20,22-23,25-27,29-31,33-37H2,1-2H3,(H2,45,46,47)/b12-11-,15-14-,18-17-,24-21-,32-28+/t39-/m1/s1. The lowest BCUT2D eigenvalue weighted by molar-refractivity contribution is -0.161. The highest BCUT2D eigenvalue weighted by molar-refractivity contribution is 7.46. The summed E-state index contributed by atoms with van der Waals surface area (Å²) in [6.07, 6.45) is 40.4. The van der Waals surface area contributed by atoms with E-state index in [1.165, 1.54) is 44.9 Å². The largest absolute Gasteiger partial charge is 0.469 e. The van der Waals surface area contributed by atoms with Crippen LogP contribution in [0.1, 0.15) is 162 Å². The van der Waals surface area contributed by atoms with E-state index in [1.54, 1.807) is 12.2 Å². The molecule has 0 saturated heterocycles. The number of carbonyl (C=O) groups is 3. The number of hydrogen-bond acceptors (Lipinski definition) is 7. The maximum atomic E-state index is 12.4. The van der Waals surface area contributed by atoms with Gasteiger partial charge in [0.25, 0.3) is 0 Å². The molecule has 292 valence electrons. The Hall–Kier alpha value is -2.58. The summed E-state index contributed by atoms with van der Waals surface area (Å²) in [5.41, 5.74) is 0. The molecule has 0 fully saturated rings. The van der Waals surface area contributed by atoms with Gasteiger partial charge in [-0.1, -0.05) is 126 Å². The fraction of sp³-hybridized carbons (Fsp3) is 0.683. The quantitative estimate of drug-likeness (QED) is 0.0163. The average Bonchev–Trinajstić information content (AvgIpc) is 3.09. The van der Waals surface area contributed by atoms with Crippen LogP contribution in [-0.2, 0) is 32.9 Å². The number of hydrogen-bond donors (Lipinski definition) is 2. The van der Waals surface area contributed by atoms with Crippen molar-refractivity contribution >= 4 is 25.5 Å². The van der Waals surface area contributed by atoms with E-state index in [0.29, 0.717) is 19.3 Å². The lowest BCUT2D eigenvalue weighted by atomic mass is 10.1. The molecule has 0 spiro atoms. The van der Waals surface area contributed by atoms with Gasteiger partial charge in [0.15, 0.2) is 11.9 Å². The molecule has 51 heavy (non-hydrogen) atoms. The predicted octanol–water partition coefficient (Wildman–Crippen LogP) is 10.9. The first-order valence-corrected chi connectivity index (χ1v) is 21.1. The van der Waals surface area contributed by atoms with Crippen molar-refractivity contribution in [1.82, 2.24) is 0 Å². The summed E-state index contributed by atoms with van der Waals surface area (Å²) in [5, 5.41) is 0. The Morgan fingerprint density at radius 2 is 1.06 bits per heavy atom. The number of phosphoric ester groups is 1. The van der Waals surface area contributed by atoms with Crippen LogP contribution in [0.4, 0.5) is 0 Å². The summed E-state index contributed by atoms with van der Waals surface area (Å²) in [4.78, 5) is 54.7.